The van der Waals surface area contributed by atoms with Gasteiger partial charge in [0, 0.05) is 18.0 Å². The molecule has 0 aliphatic carbocycles. The summed E-state index contributed by atoms with van der Waals surface area (Å²) in [6.07, 6.45) is -0.484. The van der Waals surface area contributed by atoms with Crippen molar-refractivity contribution in [3.63, 3.8) is 0 Å². The van der Waals surface area contributed by atoms with E-state index in [1.807, 2.05) is 0 Å². The average Bonchev–Trinajstić information content (AvgIpc) is 3.00. The third-order valence-electron chi connectivity index (χ3n) is 3.79. The summed E-state index contributed by atoms with van der Waals surface area (Å²) in [6.45, 7) is 1.79. The lowest BCUT2D eigenvalue weighted by Gasteiger charge is -2.10. The molecule has 126 valence electrons. The monoisotopic (exact) mass is 363 g/mol. The van der Waals surface area contributed by atoms with E-state index in [2.05, 4.69) is 19.9 Å². The Bertz CT molecular complexity index is 1120. The normalized spacial score (nSPS) is 12.2. The lowest BCUT2D eigenvalue weighted by atomic mass is 10.2. The van der Waals surface area contributed by atoms with E-state index in [0.29, 0.717) is 22.4 Å². The highest BCUT2D eigenvalue weighted by molar-refractivity contribution is 6.33. The Labute approximate surface area is 144 Å². The molecule has 25 heavy (non-hydrogen) atoms. The summed E-state index contributed by atoms with van der Waals surface area (Å²) < 4.78 is 40.7. The number of imidazole rings is 1. The molecule has 4 aromatic rings. The zero-order valence-electron chi connectivity index (χ0n) is 12.7. The maximum Gasteiger partial charge on any atom is 0.433 e. The van der Waals surface area contributed by atoms with E-state index in [1.54, 1.807) is 29.7 Å². The Hall–Kier alpha value is -2.74. The van der Waals surface area contributed by atoms with Crippen LogP contribution >= 0.6 is 11.6 Å². The Kier molecular flexibility index (Phi) is 3.40. The third kappa shape index (κ3) is 2.49. The topological polar surface area (TPSA) is 56.0 Å². The second-order valence-electron chi connectivity index (χ2n) is 5.39. The van der Waals surface area contributed by atoms with Crippen molar-refractivity contribution in [1.29, 1.82) is 0 Å². The number of halogens is 4. The number of nitrogens with zero attached hydrogens (tertiary/aromatic N) is 5. The Morgan fingerprint density at radius 2 is 1.92 bits per heavy atom. The summed E-state index contributed by atoms with van der Waals surface area (Å²) >= 11 is 6.11. The van der Waals surface area contributed by atoms with E-state index in [1.165, 1.54) is 6.20 Å². The van der Waals surface area contributed by atoms with Gasteiger partial charge in [0.25, 0.3) is 0 Å². The first-order chi connectivity index (χ1) is 11.9. The fraction of sp³-hybridized carbons (Fsp3) is 0.125. The molecule has 0 aliphatic rings. The second-order valence-corrected chi connectivity index (χ2v) is 5.80. The first-order valence-electron chi connectivity index (χ1n) is 7.18. The largest absolute Gasteiger partial charge is 0.433 e. The number of alkyl halides is 3. The summed E-state index contributed by atoms with van der Waals surface area (Å²) in [5.41, 5.74) is 1.50. The van der Waals surface area contributed by atoms with Crippen molar-refractivity contribution in [2.75, 3.05) is 0 Å². The van der Waals surface area contributed by atoms with E-state index in [0.717, 1.165) is 12.3 Å². The van der Waals surface area contributed by atoms with Crippen molar-refractivity contribution >= 4 is 28.3 Å². The molecular weight excluding hydrogens is 355 g/mol. The SMILES string of the molecule is Cc1nc2cccnc2n2c(-c3cc(C(F)(F)F)ncc3Cl)ncc12. The molecule has 5 nitrogen and oxygen atoms in total. The van der Waals surface area contributed by atoms with Gasteiger partial charge in [-0.2, -0.15) is 13.2 Å². The zero-order chi connectivity index (χ0) is 17.8. The van der Waals surface area contributed by atoms with Gasteiger partial charge >= 0.3 is 6.18 Å². The van der Waals surface area contributed by atoms with Crippen LogP contribution in [0.4, 0.5) is 13.2 Å². The fourth-order valence-electron chi connectivity index (χ4n) is 2.66. The van der Waals surface area contributed by atoms with Crippen LogP contribution in [0.15, 0.2) is 36.8 Å². The predicted molar refractivity (Wildman–Crippen MR) is 86.3 cm³/mol. The maximum absolute atomic E-state index is 13.0. The molecule has 0 unspecified atom stereocenters. The van der Waals surface area contributed by atoms with Gasteiger partial charge in [0.05, 0.1) is 22.4 Å². The zero-order valence-corrected chi connectivity index (χ0v) is 13.5. The molecule has 0 aliphatic heterocycles. The van der Waals surface area contributed by atoms with Gasteiger partial charge in [0.15, 0.2) is 5.65 Å². The molecule has 9 heteroatoms. The van der Waals surface area contributed by atoms with E-state index >= 15 is 0 Å². The number of fused-ring (bicyclic) bond motifs is 3. The maximum atomic E-state index is 13.0. The van der Waals surface area contributed by atoms with Crippen LogP contribution in [0.3, 0.4) is 0 Å². The van der Waals surface area contributed by atoms with Crippen LogP contribution in [-0.2, 0) is 6.18 Å². The minimum atomic E-state index is -4.58. The number of pyridine rings is 2. The van der Waals surface area contributed by atoms with Crippen LogP contribution in [0, 0.1) is 6.92 Å². The molecule has 0 atom stereocenters. The molecular formula is C16H9ClF3N5. The summed E-state index contributed by atoms with van der Waals surface area (Å²) in [4.78, 5) is 16.4. The van der Waals surface area contributed by atoms with Crippen LogP contribution in [0.2, 0.25) is 5.02 Å². The van der Waals surface area contributed by atoms with Crippen LogP contribution < -0.4 is 0 Å². The highest BCUT2D eigenvalue weighted by Gasteiger charge is 2.33. The van der Waals surface area contributed by atoms with Crippen LogP contribution in [0.5, 0.6) is 0 Å². The van der Waals surface area contributed by atoms with E-state index in [4.69, 9.17) is 11.6 Å². The lowest BCUT2D eigenvalue weighted by Crippen LogP contribution is -2.08. The van der Waals surface area contributed by atoms with Crippen molar-refractivity contribution in [2.24, 2.45) is 0 Å². The first-order valence-corrected chi connectivity index (χ1v) is 7.56. The number of hydrogen-bond acceptors (Lipinski definition) is 4. The number of hydrogen-bond donors (Lipinski definition) is 0. The van der Waals surface area contributed by atoms with Gasteiger partial charge in [-0.15, -0.1) is 0 Å². The van der Waals surface area contributed by atoms with Crippen molar-refractivity contribution in [1.82, 2.24) is 24.3 Å². The Balaban J connectivity index is 2.09. The number of rotatable bonds is 1. The third-order valence-corrected chi connectivity index (χ3v) is 4.09. The van der Waals surface area contributed by atoms with Crippen molar-refractivity contribution in [2.45, 2.75) is 13.1 Å². The smallest absolute Gasteiger partial charge is 0.273 e. The van der Waals surface area contributed by atoms with Gasteiger partial charge in [0.2, 0.25) is 0 Å². The minimum absolute atomic E-state index is 0.0686. The van der Waals surface area contributed by atoms with Crippen molar-refractivity contribution in [3.05, 3.63) is 53.2 Å². The van der Waals surface area contributed by atoms with Crippen molar-refractivity contribution in [3.8, 4) is 11.4 Å². The summed E-state index contributed by atoms with van der Waals surface area (Å²) in [6, 6.07) is 4.40. The quantitative estimate of drug-likeness (QED) is 0.505. The number of aryl methyl sites for hydroxylation is 1. The van der Waals surface area contributed by atoms with Gasteiger partial charge in [-0.25, -0.2) is 15.0 Å². The standard InChI is InChI=1S/C16H9ClF3N5/c1-8-12-7-23-14(25(12)15-11(24-8)3-2-4-21-15)9-5-13(16(18,19)20)22-6-10(9)17/h2-7H,1H3. The summed E-state index contributed by atoms with van der Waals surface area (Å²) in [5, 5.41) is 0.0686. The lowest BCUT2D eigenvalue weighted by molar-refractivity contribution is -0.141. The average molecular weight is 364 g/mol. The molecule has 0 radical (unpaired) electrons. The van der Waals surface area contributed by atoms with Gasteiger partial charge in [-0.3, -0.25) is 9.38 Å². The molecule has 0 bridgehead atoms. The molecule has 0 aromatic carbocycles. The van der Waals surface area contributed by atoms with Crippen LogP contribution in [-0.4, -0.2) is 24.3 Å². The van der Waals surface area contributed by atoms with Crippen LogP contribution in [0.1, 0.15) is 11.4 Å². The van der Waals surface area contributed by atoms with Crippen LogP contribution in [0.25, 0.3) is 28.1 Å². The molecule has 0 saturated carbocycles. The highest BCUT2D eigenvalue weighted by Crippen LogP contribution is 2.34. The molecule has 0 spiro atoms. The molecule has 0 saturated heterocycles. The van der Waals surface area contributed by atoms with Gasteiger partial charge in [-0.05, 0) is 25.1 Å². The summed E-state index contributed by atoms with van der Waals surface area (Å²) in [5.74, 6) is 0.252. The van der Waals surface area contributed by atoms with Gasteiger partial charge < -0.3 is 0 Å². The first kappa shape index (κ1) is 15.8. The van der Waals surface area contributed by atoms with E-state index in [9.17, 15) is 13.2 Å². The molecule has 0 fully saturated rings. The van der Waals surface area contributed by atoms with E-state index in [-0.39, 0.29) is 16.4 Å². The fourth-order valence-corrected chi connectivity index (χ4v) is 2.85. The molecule has 0 N–H and O–H groups in total. The minimum Gasteiger partial charge on any atom is -0.273 e. The molecule has 4 aromatic heterocycles. The van der Waals surface area contributed by atoms with Gasteiger partial charge in [0.1, 0.15) is 17.0 Å². The molecule has 0 amide bonds. The Morgan fingerprint density at radius 3 is 2.68 bits per heavy atom. The number of aromatic nitrogens is 5. The predicted octanol–water partition coefficient (Wildman–Crippen LogP) is 4.32. The molecule has 4 heterocycles. The molecule has 4 rings (SSSR count). The summed E-state index contributed by atoms with van der Waals surface area (Å²) in [7, 11) is 0. The second kappa shape index (κ2) is 5.38. The van der Waals surface area contributed by atoms with E-state index < -0.39 is 11.9 Å². The highest BCUT2D eigenvalue weighted by atomic mass is 35.5. The van der Waals surface area contributed by atoms with Crippen molar-refractivity contribution < 1.29 is 13.2 Å². The van der Waals surface area contributed by atoms with Gasteiger partial charge in [-0.1, -0.05) is 11.6 Å². The Morgan fingerprint density at radius 1 is 1.12 bits per heavy atom.